The van der Waals surface area contributed by atoms with E-state index in [2.05, 4.69) is 35.4 Å². The van der Waals surface area contributed by atoms with Crippen molar-refractivity contribution in [2.75, 3.05) is 45.1 Å². The van der Waals surface area contributed by atoms with Crippen LogP contribution < -0.4 is 9.46 Å². The molecular formula is C24H37N5O5S. The van der Waals surface area contributed by atoms with Gasteiger partial charge in [-0.2, -0.15) is 8.42 Å². The molecule has 11 heteroatoms. The third kappa shape index (κ3) is 6.53. The van der Waals surface area contributed by atoms with E-state index in [9.17, 15) is 13.2 Å². The molecule has 1 N–H and O–H groups in total. The van der Waals surface area contributed by atoms with Crippen LogP contribution in [0.4, 0.5) is 5.69 Å². The van der Waals surface area contributed by atoms with Gasteiger partial charge in [0.2, 0.25) is 0 Å². The van der Waals surface area contributed by atoms with Crippen LogP contribution in [0.3, 0.4) is 0 Å². The molecule has 0 unspecified atom stereocenters. The molecule has 1 aromatic carbocycles. The number of methoxy groups -OCH3 is 1. The SMILES string of the molecule is CCCN1C[C@@H](C)[C@@H](OC)CN(C)C(=O)c2cc(NS(=O)(=O)c3cn(C)cn3)ccc2OC[C@@H]1C. The summed E-state index contributed by atoms with van der Waals surface area (Å²) in [6.07, 6.45) is 3.69. The van der Waals surface area contributed by atoms with Gasteiger partial charge in [0.15, 0.2) is 5.03 Å². The highest BCUT2D eigenvalue weighted by Gasteiger charge is 2.28. The third-order valence-electron chi connectivity index (χ3n) is 6.29. The molecule has 35 heavy (non-hydrogen) atoms. The summed E-state index contributed by atoms with van der Waals surface area (Å²) >= 11 is 0. The highest BCUT2D eigenvalue weighted by atomic mass is 32.2. The maximum absolute atomic E-state index is 13.4. The molecule has 1 aromatic heterocycles. The number of fused-ring (bicyclic) bond motifs is 1. The molecule has 0 saturated carbocycles. The lowest BCUT2D eigenvalue weighted by Gasteiger charge is -2.35. The minimum Gasteiger partial charge on any atom is -0.491 e. The fourth-order valence-corrected chi connectivity index (χ4v) is 5.28. The summed E-state index contributed by atoms with van der Waals surface area (Å²) in [5, 5.41) is -0.103. The van der Waals surface area contributed by atoms with E-state index in [1.54, 1.807) is 42.8 Å². The number of aryl methyl sites for hydroxylation is 1. The molecule has 194 valence electrons. The Morgan fingerprint density at radius 3 is 2.60 bits per heavy atom. The fourth-order valence-electron chi connectivity index (χ4n) is 4.25. The Kier molecular flexibility index (Phi) is 8.79. The number of sulfonamides is 1. The second-order valence-electron chi connectivity index (χ2n) is 9.29. The summed E-state index contributed by atoms with van der Waals surface area (Å²) in [4.78, 5) is 21.3. The smallest absolute Gasteiger partial charge is 0.280 e. The van der Waals surface area contributed by atoms with E-state index in [0.717, 1.165) is 19.5 Å². The van der Waals surface area contributed by atoms with Gasteiger partial charge in [-0.3, -0.25) is 14.4 Å². The molecule has 1 aliphatic rings. The number of nitrogens with zero attached hydrogens (tertiary/aromatic N) is 4. The first-order valence-corrected chi connectivity index (χ1v) is 13.3. The van der Waals surface area contributed by atoms with Crippen LogP contribution in [0.2, 0.25) is 0 Å². The monoisotopic (exact) mass is 507 g/mol. The van der Waals surface area contributed by atoms with Gasteiger partial charge >= 0.3 is 0 Å². The van der Waals surface area contributed by atoms with Crippen molar-refractivity contribution in [1.82, 2.24) is 19.4 Å². The maximum Gasteiger partial charge on any atom is 0.280 e. The Morgan fingerprint density at radius 2 is 1.97 bits per heavy atom. The van der Waals surface area contributed by atoms with E-state index in [0.29, 0.717) is 18.9 Å². The average molecular weight is 508 g/mol. The number of hydrogen-bond acceptors (Lipinski definition) is 7. The topological polar surface area (TPSA) is 106 Å². The summed E-state index contributed by atoms with van der Waals surface area (Å²) in [5.74, 6) is 0.333. The molecule has 1 aliphatic heterocycles. The number of hydrogen-bond donors (Lipinski definition) is 1. The quantitative estimate of drug-likeness (QED) is 0.640. The van der Waals surface area contributed by atoms with Gasteiger partial charge < -0.3 is 18.9 Å². The number of imidazole rings is 1. The zero-order valence-corrected chi connectivity index (χ0v) is 22.2. The predicted molar refractivity (Wildman–Crippen MR) is 134 cm³/mol. The fraction of sp³-hybridized carbons (Fsp3) is 0.583. The minimum atomic E-state index is -3.91. The number of anilines is 1. The van der Waals surface area contributed by atoms with Crippen molar-refractivity contribution in [2.24, 2.45) is 13.0 Å². The van der Waals surface area contributed by atoms with Crippen LogP contribution in [0.1, 0.15) is 37.6 Å². The van der Waals surface area contributed by atoms with Crippen molar-refractivity contribution in [1.29, 1.82) is 0 Å². The van der Waals surface area contributed by atoms with E-state index >= 15 is 0 Å². The standard InChI is InChI=1S/C24H37N5O5S/c1-7-10-29-12-17(2)22(33-6)13-28(5)24(30)20-11-19(8-9-21(20)34-15-18(29)3)26-35(31,32)23-14-27(4)16-25-23/h8-9,11,14,16-18,22,26H,7,10,12-13,15H2,1-6H3/t17-,18+,22+/m1/s1. The number of benzene rings is 1. The van der Waals surface area contributed by atoms with Gasteiger partial charge in [0.1, 0.15) is 12.4 Å². The first-order valence-electron chi connectivity index (χ1n) is 11.9. The van der Waals surface area contributed by atoms with Crippen molar-refractivity contribution in [3.63, 3.8) is 0 Å². The highest BCUT2D eigenvalue weighted by Crippen LogP contribution is 2.27. The molecule has 0 spiro atoms. The zero-order chi connectivity index (χ0) is 25.8. The summed E-state index contributed by atoms with van der Waals surface area (Å²) < 4.78 is 41.5. The van der Waals surface area contributed by atoms with Crippen LogP contribution in [0.15, 0.2) is 35.7 Å². The largest absolute Gasteiger partial charge is 0.491 e. The normalized spacial score (nSPS) is 22.6. The van der Waals surface area contributed by atoms with Gasteiger partial charge in [-0.15, -0.1) is 0 Å². The molecule has 0 saturated heterocycles. The van der Waals surface area contributed by atoms with Crippen LogP contribution in [-0.2, 0) is 21.8 Å². The molecule has 10 nitrogen and oxygen atoms in total. The van der Waals surface area contributed by atoms with Crippen molar-refractivity contribution in [3.8, 4) is 5.75 Å². The number of likely N-dealkylation sites (N-methyl/N-ethyl adjacent to an activating group) is 1. The Morgan fingerprint density at radius 1 is 1.23 bits per heavy atom. The lowest BCUT2D eigenvalue weighted by atomic mass is 10.0. The lowest BCUT2D eigenvalue weighted by Crippen LogP contribution is -2.46. The molecule has 3 rings (SSSR count). The predicted octanol–water partition coefficient (Wildman–Crippen LogP) is 2.44. The number of amides is 1. The molecule has 3 atom stereocenters. The Bertz CT molecular complexity index is 1120. The molecular weight excluding hydrogens is 470 g/mol. The summed E-state index contributed by atoms with van der Waals surface area (Å²) in [6, 6.07) is 4.86. The molecule has 0 aliphatic carbocycles. The number of aromatic nitrogens is 2. The van der Waals surface area contributed by atoms with E-state index in [1.807, 2.05) is 0 Å². The van der Waals surface area contributed by atoms with E-state index in [1.165, 1.54) is 18.6 Å². The number of ether oxygens (including phenoxy) is 2. The third-order valence-corrected chi connectivity index (χ3v) is 7.56. The van der Waals surface area contributed by atoms with E-state index < -0.39 is 10.0 Å². The number of carbonyl (C=O) groups excluding carboxylic acids is 1. The van der Waals surface area contributed by atoms with E-state index in [-0.39, 0.29) is 40.2 Å². The van der Waals surface area contributed by atoms with Crippen LogP contribution in [0.5, 0.6) is 5.75 Å². The van der Waals surface area contributed by atoms with Crippen LogP contribution in [0.25, 0.3) is 0 Å². The van der Waals surface area contributed by atoms with Gasteiger partial charge in [-0.25, -0.2) is 4.98 Å². The molecule has 2 heterocycles. The van der Waals surface area contributed by atoms with Crippen LogP contribution in [0, 0.1) is 5.92 Å². The van der Waals surface area contributed by atoms with Crippen LogP contribution in [-0.4, -0.2) is 86.2 Å². The minimum absolute atomic E-state index is 0.103. The van der Waals surface area contributed by atoms with Crippen LogP contribution >= 0.6 is 0 Å². The lowest BCUT2D eigenvalue weighted by molar-refractivity contribution is 0.0108. The van der Waals surface area contributed by atoms with E-state index in [4.69, 9.17) is 9.47 Å². The molecule has 1 amide bonds. The number of carbonyl (C=O) groups is 1. The van der Waals surface area contributed by atoms with Gasteiger partial charge in [-0.05, 0) is 44.0 Å². The summed E-state index contributed by atoms with van der Waals surface area (Å²) in [7, 11) is 1.17. The number of rotatable bonds is 6. The van der Waals surface area contributed by atoms with Crippen molar-refractivity contribution < 1.29 is 22.7 Å². The molecule has 0 fully saturated rings. The molecule has 2 aromatic rings. The zero-order valence-electron chi connectivity index (χ0n) is 21.4. The summed E-state index contributed by atoms with van der Waals surface area (Å²) in [5.41, 5.74) is 0.537. The van der Waals surface area contributed by atoms with Gasteiger partial charge in [-0.1, -0.05) is 13.8 Å². The summed E-state index contributed by atoms with van der Waals surface area (Å²) in [6.45, 7) is 8.95. The second kappa shape index (κ2) is 11.4. The molecule has 0 bridgehead atoms. The van der Waals surface area contributed by atoms with Crippen molar-refractivity contribution in [2.45, 2.75) is 44.4 Å². The van der Waals surface area contributed by atoms with Crippen molar-refractivity contribution in [3.05, 3.63) is 36.3 Å². The van der Waals surface area contributed by atoms with Gasteiger partial charge in [0, 0.05) is 52.2 Å². The second-order valence-corrected chi connectivity index (χ2v) is 10.9. The average Bonchev–Trinajstić information content (AvgIpc) is 3.27. The number of nitrogens with one attached hydrogen (secondary N) is 1. The van der Waals surface area contributed by atoms with Gasteiger partial charge in [0.25, 0.3) is 15.9 Å². The van der Waals surface area contributed by atoms with Crippen molar-refractivity contribution >= 4 is 21.6 Å². The Hall–Kier alpha value is -2.63. The Balaban J connectivity index is 1.96. The first-order chi connectivity index (χ1) is 16.6. The maximum atomic E-state index is 13.4. The first kappa shape index (κ1) is 27.0. The Labute approximate surface area is 208 Å². The molecule has 0 radical (unpaired) electrons. The van der Waals surface area contributed by atoms with Gasteiger partial charge in [0.05, 0.1) is 18.0 Å². The highest BCUT2D eigenvalue weighted by molar-refractivity contribution is 7.92.